The lowest BCUT2D eigenvalue weighted by Gasteiger charge is -2.07. The molecule has 0 spiro atoms. The van der Waals surface area contributed by atoms with Gasteiger partial charge in [-0.25, -0.2) is 13.1 Å². The first-order valence-electron chi connectivity index (χ1n) is 7.74. The van der Waals surface area contributed by atoms with E-state index in [1.165, 1.54) is 6.07 Å². The van der Waals surface area contributed by atoms with Gasteiger partial charge in [0, 0.05) is 27.9 Å². The van der Waals surface area contributed by atoms with Crippen LogP contribution in [-0.2, 0) is 21.2 Å². The van der Waals surface area contributed by atoms with E-state index in [9.17, 15) is 13.2 Å². The highest BCUT2D eigenvalue weighted by molar-refractivity contribution is 9.10. The van der Waals surface area contributed by atoms with Crippen LogP contribution in [0.25, 0.3) is 11.4 Å². The molecule has 140 valence electrons. The van der Waals surface area contributed by atoms with Gasteiger partial charge >= 0.3 is 0 Å². The molecule has 0 saturated carbocycles. The van der Waals surface area contributed by atoms with Crippen LogP contribution in [-0.4, -0.2) is 24.5 Å². The van der Waals surface area contributed by atoms with Crippen molar-refractivity contribution in [2.24, 2.45) is 0 Å². The van der Waals surface area contributed by atoms with Crippen molar-refractivity contribution in [1.82, 2.24) is 14.9 Å². The summed E-state index contributed by atoms with van der Waals surface area (Å²) < 4.78 is 32.0. The van der Waals surface area contributed by atoms with Crippen LogP contribution in [0, 0.1) is 0 Å². The minimum absolute atomic E-state index is 0.0128. The highest BCUT2D eigenvalue weighted by Gasteiger charge is 2.20. The van der Waals surface area contributed by atoms with E-state index in [1.54, 1.807) is 42.5 Å². The molecule has 1 aromatic heterocycles. The second-order valence-electron chi connectivity index (χ2n) is 5.48. The molecule has 0 radical (unpaired) electrons. The van der Waals surface area contributed by atoms with Gasteiger partial charge in [-0.3, -0.25) is 4.79 Å². The number of benzene rings is 2. The monoisotopic (exact) mass is 469 g/mol. The molecule has 3 aromatic rings. The first kappa shape index (κ1) is 19.5. The van der Waals surface area contributed by atoms with Gasteiger partial charge in [0.25, 0.3) is 10.0 Å². The summed E-state index contributed by atoms with van der Waals surface area (Å²) in [4.78, 5) is 16.2. The van der Waals surface area contributed by atoms with Crippen molar-refractivity contribution in [2.45, 2.75) is 17.7 Å². The highest BCUT2D eigenvalue weighted by Crippen LogP contribution is 2.21. The maximum atomic E-state index is 12.3. The van der Waals surface area contributed by atoms with E-state index >= 15 is 0 Å². The fourth-order valence-electron chi connectivity index (χ4n) is 2.21. The van der Waals surface area contributed by atoms with E-state index in [4.69, 9.17) is 16.1 Å². The van der Waals surface area contributed by atoms with Gasteiger partial charge in [-0.1, -0.05) is 28.9 Å². The number of aryl methyl sites for hydroxylation is 1. The Kier molecular flexibility index (Phi) is 5.93. The normalized spacial score (nSPS) is 11.3. The molecule has 10 heteroatoms. The van der Waals surface area contributed by atoms with Gasteiger partial charge in [0.1, 0.15) is 4.90 Å². The lowest BCUT2D eigenvalue weighted by molar-refractivity contribution is -0.119. The van der Waals surface area contributed by atoms with Gasteiger partial charge in [-0.05, 0) is 52.3 Å². The summed E-state index contributed by atoms with van der Waals surface area (Å²) in [5.74, 6) is -0.0756. The number of halogens is 2. The fourth-order valence-corrected chi connectivity index (χ4v) is 4.36. The van der Waals surface area contributed by atoms with Gasteiger partial charge in [-0.2, -0.15) is 4.98 Å². The van der Waals surface area contributed by atoms with Crippen LogP contribution in [0.15, 0.2) is 62.4 Å². The van der Waals surface area contributed by atoms with Gasteiger partial charge in [0.05, 0.1) is 0 Å². The molecule has 0 aliphatic carbocycles. The zero-order valence-electron chi connectivity index (χ0n) is 13.7. The van der Waals surface area contributed by atoms with E-state index in [0.717, 1.165) is 5.56 Å². The first-order chi connectivity index (χ1) is 12.8. The number of hydrogen-bond donors (Lipinski definition) is 1. The van der Waals surface area contributed by atoms with Gasteiger partial charge in [0.15, 0.2) is 0 Å². The van der Waals surface area contributed by atoms with Crippen LogP contribution < -0.4 is 4.72 Å². The second kappa shape index (κ2) is 8.20. The molecular formula is C17H13BrClN3O4S. The number of amides is 1. The van der Waals surface area contributed by atoms with Crippen molar-refractivity contribution in [2.75, 3.05) is 0 Å². The molecular weight excluding hydrogens is 458 g/mol. The summed E-state index contributed by atoms with van der Waals surface area (Å²) in [7, 11) is -3.96. The average molecular weight is 471 g/mol. The summed E-state index contributed by atoms with van der Waals surface area (Å²) in [6.07, 6.45) is -0.0101. The molecule has 0 fully saturated rings. The van der Waals surface area contributed by atoms with Gasteiger partial charge in [-0.15, -0.1) is 0 Å². The molecule has 1 amide bonds. The van der Waals surface area contributed by atoms with Crippen LogP contribution in [0.2, 0.25) is 5.02 Å². The van der Waals surface area contributed by atoms with E-state index in [-0.39, 0.29) is 23.6 Å². The molecule has 7 nitrogen and oxygen atoms in total. The van der Waals surface area contributed by atoms with Crippen molar-refractivity contribution in [3.8, 4) is 11.4 Å². The zero-order chi connectivity index (χ0) is 19.4. The van der Waals surface area contributed by atoms with Crippen molar-refractivity contribution < 1.29 is 17.7 Å². The van der Waals surface area contributed by atoms with E-state index < -0.39 is 15.9 Å². The number of sulfonamides is 1. The van der Waals surface area contributed by atoms with Crippen LogP contribution in [0.1, 0.15) is 12.3 Å². The van der Waals surface area contributed by atoms with Crippen LogP contribution in [0.4, 0.5) is 0 Å². The maximum absolute atomic E-state index is 12.3. The molecule has 1 N–H and O–H groups in total. The van der Waals surface area contributed by atoms with Crippen LogP contribution in [0.5, 0.6) is 0 Å². The summed E-state index contributed by atoms with van der Waals surface area (Å²) in [5.41, 5.74) is 0.718. The Labute approximate surface area is 168 Å². The summed E-state index contributed by atoms with van der Waals surface area (Å²) in [5, 5.41) is 4.43. The largest absolute Gasteiger partial charge is 0.339 e. The highest BCUT2D eigenvalue weighted by atomic mass is 79.9. The predicted molar refractivity (Wildman–Crippen MR) is 103 cm³/mol. The molecule has 0 aliphatic rings. The molecule has 0 bridgehead atoms. The third-order valence-electron chi connectivity index (χ3n) is 3.51. The number of nitrogens with one attached hydrogen (secondary N) is 1. The number of aromatic nitrogens is 2. The Bertz CT molecular complexity index is 1070. The maximum Gasteiger partial charge on any atom is 0.265 e. The number of rotatable bonds is 6. The molecule has 0 unspecified atom stereocenters. The number of hydrogen-bond acceptors (Lipinski definition) is 6. The number of carbonyl (C=O) groups excluding carboxylic acids is 1. The molecule has 2 aromatic carbocycles. The van der Waals surface area contributed by atoms with Crippen LogP contribution in [0.3, 0.4) is 0 Å². The van der Waals surface area contributed by atoms with Crippen LogP contribution >= 0.6 is 27.5 Å². The lowest BCUT2D eigenvalue weighted by atomic mass is 10.2. The predicted octanol–water partition coefficient (Wildman–Crippen LogP) is 3.59. The summed E-state index contributed by atoms with van der Waals surface area (Å²) in [6, 6.07) is 13.1. The Morgan fingerprint density at radius 3 is 2.56 bits per heavy atom. The van der Waals surface area contributed by atoms with Crippen molar-refractivity contribution >= 4 is 43.5 Å². The third-order valence-corrected chi connectivity index (χ3v) is 6.15. The Hall–Kier alpha value is -2.23. The van der Waals surface area contributed by atoms with Gasteiger partial charge < -0.3 is 4.52 Å². The smallest absolute Gasteiger partial charge is 0.265 e. The van der Waals surface area contributed by atoms with E-state index in [1.807, 2.05) is 4.72 Å². The fraction of sp³-hybridized carbons (Fsp3) is 0.118. The summed E-state index contributed by atoms with van der Waals surface area (Å²) in [6.45, 7) is 0. The minimum Gasteiger partial charge on any atom is -0.339 e. The van der Waals surface area contributed by atoms with Crippen molar-refractivity contribution in [3.05, 3.63) is 63.9 Å². The van der Waals surface area contributed by atoms with E-state index in [2.05, 4.69) is 26.1 Å². The van der Waals surface area contributed by atoms with Gasteiger partial charge in [0.2, 0.25) is 17.6 Å². The molecule has 1 heterocycles. The Balaban J connectivity index is 1.61. The third kappa shape index (κ3) is 4.94. The molecule has 0 aliphatic heterocycles. The second-order valence-corrected chi connectivity index (χ2v) is 8.42. The lowest BCUT2D eigenvalue weighted by Crippen LogP contribution is -2.31. The molecule has 0 atom stereocenters. The first-order valence-corrected chi connectivity index (χ1v) is 10.4. The zero-order valence-corrected chi connectivity index (χ0v) is 16.9. The standard InChI is InChI=1S/C17H13BrClN3O4S/c18-13-3-1-2-4-14(13)27(24,25)22-15(23)9-10-16-20-17(21-26-16)11-5-7-12(19)8-6-11/h1-8H,9-10H2,(H,22,23). The van der Waals surface area contributed by atoms with E-state index in [0.29, 0.717) is 15.3 Å². The topological polar surface area (TPSA) is 102 Å². The molecule has 0 saturated heterocycles. The van der Waals surface area contributed by atoms with Crippen molar-refractivity contribution in [3.63, 3.8) is 0 Å². The molecule has 27 heavy (non-hydrogen) atoms. The minimum atomic E-state index is -3.96. The summed E-state index contributed by atoms with van der Waals surface area (Å²) >= 11 is 8.99. The SMILES string of the molecule is O=C(CCc1nc(-c2ccc(Cl)cc2)no1)NS(=O)(=O)c1ccccc1Br. The quantitative estimate of drug-likeness (QED) is 0.591. The number of nitrogens with zero attached hydrogens (tertiary/aromatic N) is 2. The van der Waals surface area contributed by atoms with Crippen molar-refractivity contribution in [1.29, 1.82) is 0 Å². The molecule has 3 rings (SSSR count). The Morgan fingerprint density at radius 1 is 1.15 bits per heavy atom. The Morgan fingerprint density at radius 2 is 1.85 bits per heavy atom. The average Bonchev–Trinajstić information content (AvgIpc) is 3.09. The number of carbonyl (C=O) groups is 1.